The Morgan fingerprint density at radius 1 is 1.13 bits per heavy atom. The Morgan fingerprint density at radius 2 is 1.96 bits per heavy atom. The molecule has 8 heteroatoms. The number of aliphatic hydroxyl groups excluding tert-OH is 3. The fraction of sp³-hybridized carbons (Fsp3) is 0.333. The number of halogens is 1. The van der Waals surface area contributed by atoms with E-state index in [0.29, 0.717) is 10.9 Å². The number of pyridine rings is 2. The van der Waals surface area contributed by atoms with E-state index in [0.717, 1.165) is 11.1 Å². The van der Waals surface area contributed by atoms with Gasteiger partial charge in [-0.1, -0.05) is 11.6 Å². The summed E-state index contributed by atoms with van der Waals surface area (Å²) in [5.74, 6) is 0.742. The molecule has 1 aliphatic heterocycles. The molecule has 0 aliphatic carbocycles. The van der Waals surface area contributed by atoms with Crippen LogP contribution in [-0.2, 0) is 0 Å². The Bertz CT molecular complexity index is 690. The third kappa shape index (κ3) is 3.76. The lowest BCUT2D eigenvalue weighted by molar-refractivity contribution is -0.0786. The summed E-state index contributed by atoms with van der Waals surface area (Å²) in [6.45, 7) is 0. The minimum Gasteiger partial charge on any atom is -0.475 e. The number of ether oxygens (including phenoxy) is 1. The molecule has 3 rings (SSSR count). The fourth-order valence-corrected chi connectivity index (χ4v) is 3.54. The topological polar surface area (TPSA) is 95.7 Å². The molecule has 0 aromatic carbocycles. The molecular weight excluding hydrogens is 340 g/mol. The highest BCUT2D eigenvalue weighted by molar-refractivity contribution is 7.99. The van der Waals surface area contributed by atoms with Crippen LogP contribution in [0.1, 0.15) is 0 Å². The molecule has 4 atom stereocenters. The van der Waals surface area contributed by atoms with Crippen LogP contribution in [-0.4, -0.2) is 54.8 Å². The normalized spacial score (nSPS) is 27.7. The minimum atomic E-state index is -1.23. The van der Waals surface area contributed by atoms with Gasteiger partial charge in [-0.15, -0.1) is 11.8 Å². The maximum atomic E-state index is 9.99. The summed E-state index contributed by atoms with van der Waals surface area (Å²) in [5.41, 5.74) is 0.962. The Labute approximate surface area is 142 Å². The number of hydrogen-bond donors (Lipinski definition) is 3. The van der Waals surface area contributed by atoms with Gasteiger partial charge in [0.25, 0.3) is 0 Å². The average molecular weight is 355 g/mol. The highest BCUT2D eigenvalue weighted by Gasteiger charge is 2.38. The van der Waals surface area contributed by atoms with Crippen LogP contribution >= 0.6 is 23.4 Å². The van der Waals surface area contributed by atoms with Crippen LogP contribution in [0.25, 0.3) is 11.1 Å². The van der Waals surface area contributed by atoms with Gasteiger partial charge < -0.3 is 20.1 Å². The number of aliphatic hydroxyl groups is 3. The Balaban J connectivity index is 1.78. The molecule has 1 aliphatic rings. The van der Waals surface area contributed by atoms with E-state index >= 15 is 0 Å². The van der Waals surface area contributed by atoms with E-state index in [4.69, 9.17) is 16.3 Å². The molecule has 6 nitrogen and oxygen atoms in total. The second-order valence-electron chi connectivity index (χ2n) is 5.14. The molecule has 122 valence electrons. The second kappa shape index (κ2) is 7.02. The van der Waals surface area contributed by atoms with Gasteiger partial charge >= 0.3 is 0 Å². The molecule has 2 aromatic rings. The molecule has 23 heavy (non-hydrogen) atoms. The van der Waals surface area contributed by atoms with Gasteiger partial charge in [-0.2, -0.15) is 0 Å². The predicted molar refractivity (Wildman–Crippen MR) is 87.4 cm³/mol. The van der Waals surface area contributed by atoms with Crippen LogP contribution in [0.5, 0.6) is 5.75 Å². The quantitative estimate of drug-likeness (QED) is 0.715. The summed E-state index contributed by atoms with van der Waals surface area (Å²) in [7, 11) is 0. The van der Waals surface area contributed by atoms with E-state index in [9.17, 15) is 15.3 Å². The summed E-state index contributed by atoms with van der Waals surface area (Å²) in [6, 6.07) is 5.28. The smallest absolute Gasteiger partial charge is 0.173 e. The Kier molecular flexibility index (Phi) is 5.03. The van der Waals surface area contributed by atoms with Crippen molar-refractivity contribution in [3.8, 4) is 16.9 Å². The minimum absolute atomic E-state index is 0.288. The molecular formula is C15H15ClN2O4S. The Morgan fingerprint density at radius 3 is 2.74 bits per heavy atom. The van der Waals surface area contributed by atoms with Gasteiger partial charge in [0.15, 0.2) is 5.44 Å². The molecule has 0 radical (unpaired) electrons. The molecule has 3 N–H and O–H groups in total. The second-order valence-corrected chi connectivity index (χ2v) is 6.66. The Hall–Kier alpha value is -1.38. The molecule has 0 spiro atoms. The van der Waals surface area contributed by atoms with Gasteiger partial charge in [-0.05, 0) is 23.8 Å². The first-order valence-corrected chi connectivity index (χ1v) is 8.37. The van der Waals surface area contributed by atoms with Crippen molar-refractivity contribution in [3.63, 3.8) is 0 Å². The van der Waals surface area contributed by atoms with Crippen LogP contribution in [0.2, 0.25) is 5.15 Å². The monoisotopic (exact) mass is 354 g/mol. The molecule has 1 saturated heterocycles. The number of thioether (sulfide) groups is 1. The lowest BCUT2D eigenvalue weighted by Crippen LogP contribution is -2.50. The molecule has 0 amide bonds. The zero-order chi connectivity index (χ0) is 16.4. The van der Waals surface area contributed by atoms with E-state index in [-0.39, 0.29) is 5.75 Å². The summed E-state index contributed by atoms with van der Waals surface area (Å²) in [5, 5.41) is 29.6. The summed E-state index contributed by atoms with van der Waals surface area (Å²) < 4.78 is 5.71. The SMILES string of the molecule is O[C@@H]1[C@@H](O)[C@@H](Oc2cncc(-c3ccnc(Cl)c3)c2)SC[C@H]1O. The van der Waals surface area contributed by atoms with Crippen LogP contribution < -0.4 is 4.74 Å². The number of nitrogens with zero attached hydrogens (tertiary/aromatic N) is 2. The first-order valence-electron chi connectivity index (χ1n) is 6.94. The van der Waals surface area contributed by atoms with Crippen LogP contribution in [0.15, 0.2) is 36.8 Å². The van der Waals surface area contributed by atoms with E-state index in [1.807, 2.05) is 0 Å². The highest BCUT2D eigenvalue weighted by atomic mass is 35.5. The predicted octanol–water partition coefficient (Wildman–Crippen LogP) is 1.33. The molecule has 0 saturated carbocycles. The van der Waals surface area contributed by atoms with Crippen LogP contribution in [0.4, 0.5) is 0 Å². The van der Waals surface area contributed by atoms with Gasteiger partial charge in [0.1, 0.15) is 23.1 Å². The van der Waals surface area contributed by atoms with Crippen molar-refractivity contribution >= 4 is 23.4 Å². The van der Waals surface area contributed by atoms with Gasteiger partial charge in [0, 0.05) is 23.7 Å². The van der Waals surface area contributed by atoms with Crippen molar-refractivity contribution in [3.05, 3.63) is 41.9 Å². The summed E-state index contributed by atoms with van der Waals surface area (Å²) >= 11 is 7.13. The average Bonchev–Trinajstić information content (AvgIpc) is 2.56. The lowest BCUT2D eigenvalue weighted by atomic mass is 10.1. The van der Waals surface area contributed by atoms with Crippen molar-refractivity contribution in [2.24, 2.45) is 0 Å². The zero-order valence-corrected chi connectivity index (χ0v) is 13.5. The maximum absolute atomic E-state index is 9.99. The van der Waals surface area contributed by atoms with Gasteiger partial charge in [-0.3, -0.25) is 4.98 Å². The standard InChI is InChI=1S/C15H15ClN2O4S/c16-12-4-8(1-2-18-12)9-3-10(6-17-5-9)22-15-14(21)13(20)11(19)7-23-15/h1-6,11,13-15,19-21H,7H2/t11-,13+,14-,15+/m1/s1. The lowest BCUT2D eigenvalue weighted by Gasteiger charge is -2.34. The molecule has 0 bridgehead atoms. The summed E-state index contributed by atoms with van der Waals surface area (Å²) in [6.07, 6.45) is 1.43. The maximum Gasteiger partial charge on any atom is 0.173 e. The zero-order valence-electron chi connectivity index (χ0n) is 11.9. The van der Waals surface area contributed by atoms with Gasteiger partial charge in [0.05, 0.1) is 12.3 Å². The van der Waals surface area contributed by atoms with E-state index in [2.05, 4.69) is 9.97 Å². The van der Waals surface area contributed by atoms with Crippen LogP contribution in [0, 0.1) is 0 Å². The van der Waals surface area contributed by atoms with Crippen molar-refractivity contribution < 1.29 is 20.1 Å². The first kappa shape index (κ1) is 16.5. The third-order valence-electron chi connectivity index (χ3n) is 3.48. The highest BCUT2D eigenvalue weighted by Crippen LogP contribution is 2.30. The van der Waals surface area contributed by atoms with Gasteiger partial charge in [-0.25, -0.2) is 4.98 Å². The largest absolute Gasteiger partial charge is 0.475 e. The molecule has 0 unspecified atom stereocenters. The fourth-order valence-electron chi connectivity index (χ4n) is 2.24. The third-order valence-corrected chi connectivity index (χ3v) is 4.92. The van der Waals surface area contributed by atoms with Crippen molar-refractivity contribution in [1.82, 2.24) is 9.97 Å². The van der Waals surface area contributed by atoms with E-state index in [1.54, 1.807) is 30.6 Å². The molecule has 2 aromatic heterocycles. The van der Waals surface area contributed by atoms with Gasteiger partial charge in [0.2, 0.25) is 0 Å². The molecule has 3 heterocycles. The van der Waals surface area contributed by atoms with Crippen molar-refractivity contribution in [2.45, 2.75) is 23.7 Å². The first-order chi connectivity index (χ1) is 11.0. The van der Waals surface area contributed by atoms with Crippen LogP contribution in [0.3, 0.4) is 0 Å². The number of aromatic nitrogens is 2. The van der Waals surface area contributed by atoms with Crippen molar-refractivity contribution in [2.75, 3.05) is 5.75 Å². The molecule has 1 fully saturated rings. The van der Waals surface area contributed by atoms with Crippen molar-refractivity contribution in [1.29, 1.82) is 0 Å². The number of hydrogen-bond acceptors (Lipinski definition) is 7. The number of rotatable bonds is 3. The summed E-state index contributed by atoms with van der Waals surface area (Å²) in [4.78, 5) is 8.06. The van der Waals surface area contributed by atoms with E-state index < -0.39 is 23.7 Å². The van der Waals surface area contributed by atoms with E-state index in [1.165, 1.54) is 18.0 Å².